The second-order valence-corrected chi connectivity index (χ2v) is 6.88. The van der Waals surface area contributed by atoms with E-state index >= 15 is 0 Å². The summed E-state index contributed by atoms with van der Waals surface area (Å²) in [6.45, 7) is 10.2. The van der Waals surface area contributed by atoms with E-state index < -0.39 is 0 Å². The molecule has 0 spiro atoms. The lowest BCUT2D eigenvalue weighted by Crippen LogP contribution is -2.40. The van der Waals surface area contributed by atoms with Gasteiger partial charge in [0.2, 0.25) is 0 Å². The van der Waals surface area contributed by atoms with E-state index in [1.165, 1.54) is 30.7 Å². The van der Waals surface area contributed by atoms with Crippen molar-refractivity contribution < 1.29 is 0 Å². The summed E-state index contributed by atoms with van der Waals surface area (Å²) >= 11 is 0. The fourth-order valence-electron chi connectivity index (χ4n) is 3.90. The Hall–Kier alpha value is -0.830. The Kier molecular flexibility index (Phi) is 4.90. The number of hydrogen-bond acceptors (Lipinski definition) is 2. The Morgan fingerprint density at radius 2 is 2.20 bits per heavy atom. The number of hydrogen-bond donors (Lipinski definition) is 1. The van der Waals surface area contributed by atoms with E-state index in [2.05, 4.69) is 55.9 Å². The minimum Gasteiger partial charge on any atom is -0.316 e. The molecule has 0 aliphatic heterocycles. The first-order valence-corrected chi connectivity index (χ1v) is 8.24. The predicted octanol–water partition coefficient (Wildman–Crippen LogP) is 3.42. The Bertz CT molecular complexity index is 433. The van der Waals surface area contributed by atoms with Crippen molar-refractivity contribution in [2.75, 3.05) is 7.05 Å². The fourth-order valence-corrected chi connectivity index (χ4v) is 3.90. The van der Waals surface area contributed by atoms with Gasteiger partial charge >= 0.3 is 0 Å². The van der Waals surface area contributed by atoms with Gasteiger partial charge < -0.3 is 5.32 Å². The standard InChI is InChI=1S/C17H31N3/c1-6-13-11-14(20(7-2)19-13)12-16(18-5)15-9-8-10-17(15,3)4/h11,15-16,18H,6-10,12H2,1-5H3. The van der Waals surface area contributed by atoms with Gasteiger partial charge in [-0.2, -0.15) is 5.10 Å². The number of nitrogens with zero attached hydrogens (tertiary/aromatic N) is 2. The number of likely N-dealkylation sites (N-methyl/N-ethyl adjacent to an activating group) is 1. The first-order valence-electron chi connectivity index (χ1n) is 8.24. The normalized spacial score (nSPS) is 23.1. The monoisotopic (exact) mass is 277 g/mol. The molecular weight excluding hydrogens is 246 g/mol. The van der Waals surface area contributed by atoms with Crippen LogP contribution in [0.3, 0.4) is 0 Å². The summed E-state index contributed by atoms with van der Waals surface area (Å²) in [5.74, 6) is 0.776. The molecule has 0 bridgehead atoms. The summed E-state index contributed by atoms with van der Waals surface area (Å²) in [7, 11) is 2.12. The highest BCUT2D eigenvalue weighted by Crippen LogP contribution is 2.44. The van der Waals surface area contributed by atoms with Crippen LogP contribution < -0.4 is 5.32 Å². The smallest absolute Gasteiger partial charge is 0.0624 e. The predicted molar refractivity (Wildman–Crippen MR) is 85.0 cm³/mol. The molecule has 0 aromatic carbocycles. The van der Waals surface area contributed by atoms with Gasteiger partial charge in [0.25, 0.3) is 0 Å². The van der Waals surface area contributed by atoms with Gasteiger partial charge in [0.05, 0.1) is 5.69 Å². The van der Waals surface area contributed by atoms with Crippen molar-refractivity contribution >= 4 is 0 Å². The van der Waals surface area contributed by atoms with Crippen molar-refractivity contribution in [3.8, 4) is 0 Å². The number of aromatic nitrogens is 2. The summed E-state index contributed by atoms with van der Waals surface area (Å²) in [4.78, 5) is 0. The van der Waals surface area contributed by atoms with E-state index in [9.17, 15) is 0 Å². The van der Waals surface area contributed by atoms with E-state index in [-0.39, 0.29) is 0 Å². The second-order valence-electron chi connectivity index (χ2n) is 6.88. The maximum absolute atomic E-state index is 4.69. The van der Waals surface area contributed by atoms with E-state index in [0.717, 1.165) is 25.3 Å². The van der Waals surface area contributed by atoms with Gasteiger partial charge in [-0.1, -0.05) is 27.2 Å². The molecule has 1 heterocycles. The highest BCUT2D eigenvalue weighted by Gasteiger charge is 2.39. The van der Waals surface area contributed by atoms with E-state index in [1.54, 1.807) is 0 Å². The molecule has 2 unspecified atom stereocenters. The van der Waals surface area contributed by atoms with Crippen molar-refractivity contribution in [2.24, 2.45) is 11.3 Å². The molecule has 1 fully saturated rings. The Morgan fingerprint density at radius 3 is 2.70 bits per heavy atom. The van der Waals surface area contributed by atoms with Crippen LogP contribution in [0.1, 0.15) is 58.3 Å². The van der Waals surface area contributed by atoms with Crippen molar-refractivity contribution in [2.45, 2.75) is 72.4 Å². The summed E-state index contributed by atoms with van der Waals surface area (Å²) in [6.07, 6.45) is 6.23. The summed E-state index contributed by atoms with van der Waals surface area (Å²) in [5, 5.41) is 8.27. The van der Waals surface area contributed by atoms with Gasteiger partial charge in [-0.05, 0) is 50.6 Å². The molecule has 20 heavy (non-hydrogen) atoms. The van der Waals surface area contributed by atoms with E-state index in [4.69, 9.17) is 0 Å². The molecular formula is C17H31N3. The third-order valence-electron chi connectivity index (χ3n) is 5.20. The maximum Gasteiger partial charge on any atom is 0.0624 e. The lowest BCUT2D eigenvalue weighted by molar-refractivity contribution is 0.200. The molecule has 1 aromatic rings. The first kappa shape index (κ1) is 15.6. The van der Waals surface area contributed by atoms with Crippen LogP contribution in [0.15, 0.2) is 6.07 Å². The fraction of sp³-hybridized carbons (Fsp3) is 0.824. The van der Waals surface area contributed by atoms with E-state index in [0.29, 0.717) is 11.5 Å². The first-order chi connectivity index (χ1) is 9.51. The second kappa shape index (κ2) is 6.30. The summed E-state index contributed by atoms with van der Waals surface area (Å²) in [6, 6.07) is 2.87. The van der Waals surface area contributed by atoms with Crippen molar-refractivity contribution in [3.63, 3.8) is 0 Å². The molecule has 2 rings (SSSR count). The minimum absolute atomic E-state index is 0.471. The van der Waals surface area contributed by atoms with Crippen LogP contribution in [0.25, 0.3) is 0 Å². The van der Waals surface area contributed by atoms with Crippen LogP contribution in [0.2, 0.25) is 0 Å². The molecule has 3 heteroatoms. The highest BCUT2D eigenvalue weighted by molar-refractivity contribution is 5.13. The van der Waals surface area contributed by atoms with Crippen molar-refractivity contribution in [3.05, 3.63) is 17.5 Å². The molecule has 1 aliphatic carbocycles. The number of aryl methyl sites for hydroxylation is 2. The average Bonchev–Trinajstić information content (AvgIpc) is 2.98. The number of rotatable bonds is 6. The Balaban J connectivity index is 2.16. The van der Waals surface area contributed by atoms with Crippen LogP contribution in [-0.4, -0.2) is 22.9 Å². The van der Waals surface area contributed by atoms with Crippen molar-refractivity contribution in [1.82, 2.24) is 15.1 Å². The quantitative estimate of drug-likeness (QED) is 0.863. The molecule has 3 nitrogen and oxygen atoms in total. The third kappa shape index (κ3) is 3.08. The van der Waals surface area contributed by atoms with Crippen LogP contribution >= 0.6 is 0 Å². The number of nitrogens with one attached hydrogen (secondary N) is 1. The topological polar surface area (TPSA) is 29.9 Å². The van der Waals surface area contributed by atoms with Gasteiger partial charge in [-0.15, -0.1) is 0 Å². The van der Waals surface area contributed by atoms with Crippen molar-refractivity contribution in [1.29, 1.82) is 0 Å². The molecule has 1 N–H and O–H groups in total. The molecule has 1 saturated carbocycles. The SMILES string of the molecule is CCc1cc(CC(NC)C2CCCC2(C)C)n(CC)n1. The van der Waals surface area contributed by atoms with Crippen LogP contribution in [0.5, 0.6) is 0 Å². The Morgan fingerprint density at radius 1 is 1.45 bits per heavy atom. The van der Waals surface area contributed by atoms with Gasteiger partial charge in [0.1, 0.15) is 0 Å². The lowest BCUT2D eigenvalue weighted by atomic mass is 9.76. The molecule has 1 aliphatic rings. The molecule has 2 atom stereocenters. The largest absolute Gasteiger partial charge is 0.316 e. The van der Waals surface area contributed by atoms with Crippen LogP contribution in [-0.2, 0) is 19.4 Å². The zero-order chi connectivity index (χ0) is 14.8. The minimum atomic E-state index is 0.471. The summed E-state index contributed by atoms with van der Waals surface area (Å²) < 4.78 is 2.19. The molecule has 0 amide bonds. The average molecular weight is 277 g/mol. The zero-order valence-corrected chi connectivity index (χ0v) is 13.9. The van der Waals surface area contributed by atoms with Gasteiger partial charge in [-0.25, -0.2) is 0 Å². The molecule has 0 radical (unpaired) electrons. The highest BCUT2D eigenvalue weighted by atomic mass is 15.3. The van der Waals surface area contributed by atoms with Crippen LogP contribution in [0.4, 0.5) is 0 Å². The van der Waals surface area contributed by atoms with Gasteiger partial charge in [0.15, 0.2) is 0 Å². The zero-order valence-electron chi connectivity index (χ0n) is 13.9. The maximum atomic E-state index is 4.69. The molecule has 1 aromatic heterocycles. The van der Waals surface area contributed by atoms with Gasteiger partial charge in [-0.3, -0.25) is 4.68 Å². The lowest BCUT2D eigenvalue weighted by Gasteiger charge is -2.34. The summed E-state index contributed by atoms with van der Waals surface area (Å²) in [5.41, 5.74) is 3.09. The Labute approximate surface area is 124 Å². The molecule has 0 saturated heterocycles. The van der Waals surface area contributed by atoms with Gasteiger partial charge in [0, 0.05) is 24.7 Å². The van der Waals surface area contributed by atoms with Crippen LogP contribution in [0, 0.1) is 11.3 Å². The molecule has 114 valence electrons. The third-order valence-corrected chi connectivity index (χ3v) is 5.20. The van der Waals surface area contributed by atoms with E-state index in [1.807, 2.05) is 0 Å².